The SMILES string of the molecule is O=S(=O)(Cc1ccccc1)Nc1cccc2ncccc12. The molecule has 1 aromatic heterocycles. The molecule has 4 nitrogen and oxygen atoms in total. The van der Waals surface area contributed by atoms with Crippen LogP contribution in [0.15, 0.2) is 66.9 Å². The van der Waals surface area contributed by atoms with Gasteiger partial charge >= 0.3 is 0 Å². The molecule has 0 unspecified atom stereocenters. The van der Waals surface area contributed by atoms with Crippen LogP contribution in [-0.2, 0) is 15.8 Å². The molecule has 3 aromatic rings. The second-order valence-corrected chi connectivity index (χ2v) is 6.44. The molecule has 3 rings (SSSR count). The summed E-state index contributed by atoms with van der Waals surface area (Å²) in [5.74, 6) is -0.0511. The first-order valence-corrected chi connectivity index (χ1v) is 8.17. The van der Waals surface area contributed by atoms with Crippen molar-refractivity contribution in [2.24, 2.45) is 0 Å². The van der Waals surface area contributed by atoms with Crippen LogP contribution in [0.3, 0.4) is 0 Å². The zero-order chi connectivity index (χ0) is 14.7. The maximum atomic E-state index is 12.3. The van der Waals surface area contributed by atoms with Gasteiger partial charge in [-0.3, -0.25) is 9.71 Å². The van der Waals surface area contributed by atoms with Crippen molar-refractivity contribution in [3.8, 4) is 0 Å². The molecule has 0 atom stereocenters. The van der Waals surface area contributed by atoms with Gasteiger partial charge in [-0.2, -0.15) is 0 Å². The first kappa shape index (κ1) is 13.6. The quantitative estimate of drug-likeness (QED) is 0.805. The topological polar surface area (TPSA) is 59.1 Å². The summed E-state index contributed by atoms with van der Waals surface area (Å²) in [6, 6.07) is 18.1. The van der Waals surface area contributed by atoms with Crippen LogP contribution in [-0.4, -0.2) is 13.4 Å². The van der Waals surface area contributed by atoms with Crippen molar-refractivity contribution >= 4 is 26.6 Å². The second kappa shape index (κ2) is 5.54. The zero-order valence-electron chi connectivity index (χ0n) is 11.2. The Labute approximate surface area is 123 Å². The van der Waals surface area contributed by atoms with Crippen molar-refractivity contribution < 1.29 is 8.42 Å². The van der Waals surface area contributed by atoms with Crippen LogP contribution in [0.5, 0.6) is 0 Å². The fraction of sp³-hybridized carbons (Fsp3) is 0.0625. The fourth-order valence-corrected chi connectivity index (χ4v) is 3.41. The van der Waals surface area contributed by atoms with Gasteiger partial charge in [0.1, 0.15) is 0 Å². The molecular formula is C16H14N2O2S. The lowest BCUT2D eigenvalue weighted by atomic mass is 10.2. The molecule has 0 aliphatic carbocycles. The van der Waals surface area contributed by atoms with Gasteiger partial charge in [0.25, 0.3) is 0 Å². The molecule has 0 radical (unpaired) electrons. The molecule has 0 amide bonds. The summed E-state index contributed by atoms with van der Waals surface area (Å²) in [6.45, 7) is 0. The highest BCUT2D eigenvalue weighted by molar-refractivity contribution is 7.91. The lowest BCUT2D eigenvalue weighted by Gasteiger charge is -2.10. The fourth-order valence-electron chi connectivity index (χ4n) is 2.19. The Hall–Kier alpha value is -2.40. The molecule has 1 heterocycles. The molecule has 0 aliphatic heterocycles. The van der Waals surface area contributed by atoms with Crippen LogP contribution in [0, 0.1) is 0 Å². The highest BCUT2D eigenvalue weighted by Gasteiger charge is 2.13. The number of anilines is 1. The molecule has 0 fully saturated rings. The van der Waals surface area contributed by atoms with E-state index in [4.69, 9.17) is 0 Å². The minimum Gasteiger partial charge on any atom is -0.283 e. The average molecular weight is 298 g/mol. The van der Waals surface area contributed by atoms with Gasteiger partial charge in [-0.25, -0.2) is 8.42 Å². The Kier molecular flexibility index (Phi) is 3.58. The third-order valence-electron chi connectivity index (χ3n) is 3.11. The highest BCUT2D eigenvalue weighted by atomic mass is 32.2. The monoisotopic (exact) mass is 298 g/mol. The maximum Gasteiger partial charge on any atom is 0.236 e. The molecule has 2 aromatic carbocycles. The van der Waals surface area contributed by atoms with Crippen molar-refractivity contribution in [1.82, 2.24) is 4.98 Å². The molecule has 106 valence electrons. The van der Waals surface area contributed by atoms with Crippen LogP contribution < -0.4 is 4.72 Å². The van der Waals surface area contributed by atoms with E-state index in [-0.39, 0.29) is 5.75 Å². The molecule has 0 saturated carbocycles. The smallest absolute Gasteiger partial charge is 0.236 e. The van der Waals surface area contributed by atoms with Gasteiger partial charge in [0.05, 0.1) is 17.0 Å². The third-order valence-corrected chi connectivity index (χ3v) is 4.35. The number of hydrogen-bond acceptors (Lipinski definition) is 3. The van der Waals surface area contributed by atoms with E-state index in [0.29, 0.717) is 5.69 Å². The lowest BCUT2D eigenvalue weighted by molar-refractivity contribution is 0.600. The Bertz CT molecular complexity index is 856. The van der Waals surface area contributed by atoms with Crippen molar-refractivity contribution in [3.05, 3.63) is 72.4 Å². The van der Waals surface area contributed by atoms with E-state index >= 15 is 0 Å². The number of benzene rings is 2. The number of nitrogens with zero attached hydrogens (tertiary/aromatic N) is 1. The third kappa shape index (κ3) is 3.20. The Morgan fingerprint density at radius 1 is 0.905 bits per heavy atom. The van der Waals surface area contributed by atoms with Gasteiger partial charge in [0.2, 0.25) is 10.0 Å². The van der Waals surface area contributed by atoms with Crippen LogP contribution in [0.2, 0.25) is 0 Å². The van der Waals surface area contributed by atoms with Crippen LogP contribution >= 0.6 is 0 Å². The van der Waals surface area contributed by atoms with Crippen LogP contribution in [0.25, 0.3) is 10.9 Å². The molecule has 0 aliphatic rings. The molecule has 21 heavy (non-hydrogen) atoms. The number of aromatic nitrogens is 1. The standard InChI is InChI=1S/C16H14N2O2S/c19-21(20,12-13-6-2-1-3-7-13)18-16-10-4-9-15-14(16)8-5-11-17-15/h1-11,18H,12H2. The Balaban J connectivity index is 1.91. The summed E-state index contributed by atoms with van der Waals surface area (Å²) < 4.78 is 27.2. The number of hydrogen-bond donors (Lipinski definition) is 1. The summed E-state index contributed by atoms with van der Waals surface area (Å²) in [4.78, 5) is 4.22. The lowest BCUT2D eigenvalue weighted by Crippen LogP contribution is -2.15. The normalized spacial score (nSPS) is 11.4. The average Bonchev–Trinajstić information content (AvgIpc) is 2.48. The first-order valence-electron chi connectivity index (χ1n) is 6.52. The maximum absolute atomic E-state index is 12.3. The van der Waals surface area contributed by atoms with E-state index in [9.17, 15) is 8.42 Å². The van der Waals surface area contributed by atoms with Gasteiger partial charge in [0.15, 0.2) is 0 Å². The van der Waals surface area contributed by atoms with E-state index in [1.54, 1.807) is 36.5 Å². The predicted molar refractivity (Wildman–Crippen MR) is 84.4 cm³/mol. The van der Waals surface area contributed by atoms with Crippen molar-refractivity contribution in [3.63, 3.8) is 0 Å². The predicted octanol–water partition coefficient (Wildman–Crippen LogP) is 3.18. The summed E-state index contributed by atoms with van der Waals surface area (Å²) in [7, 11) is -3.46. The minimum absolute atomic E-state index is 0.0511. The van der Waals surface area contributed by atoms with E-state index in [1.807, 2.05) is 30.3 Å². The van der Waals surface area contributed by atoms with Crippen molar-refractivity contribution in [2.75, 3.05) is 4.72 Å². The number of nitrogens with one attached hydrogen (secondary N) is 1. The Morgan fingerprint density at radius 2 is 1.71 bits per heavy atom. The molecule has 1 N–H and O–H groups in total. The number of pyridine rings is 1. The summed E-state index contributed by atoms with van der Waals surface area (Å²) in [6.07, 6.45) is 1.69. The molecule has 0 spiro atoms. The van der Waals surface area contributed by atoms with E-state index in [2.05, 4.69) is 9.71 Å². The van der Waals surface area contributed by atoms with Gasteiger partial charge in [-0.15, -0.1) is 0 Å². The first-order chi connectivity index (χ1) is 10.1. The summed E-state index contributed by atoms with van der Waals surface area (Å²) >= 11 is 0. The van der Waals surface area contributed by atoms with E-state index in [0.717, 1.165) is 16.5 Å². The van der Waals surface area contributed by atoms with E-state index < -0.39 is 10.0 Å². The summed E-state index contributed by atoms with van der Waals surface area (Å²) in [5, 5.41) is 0.789. The van der Waals surface area contributed by atoms with Crippen molar-refractivity contribution in [1.29, 1.82) is 0 Å². The van der Waals surface area contributed by atoms with Crippen LogP contribution in [0.4, 0.5) is 5.69 Å². The number of fused-ring (bicyclic) bond motifs is 1. The molecular weight excluding hydrogens is 284 g/mol. The van der Waals surface area contributed by atoms with Gasteiger partial charge in [0, 0.05) is 11.6 Å². The second-order valence-electron chi connectivity index (χ2n) is 4.72. The Morgan fingerprint density at radius 3 is 2.52 bits per heavy atom. The molecule has 5 heteroatoms. The minimum atomic E-state index is -3.46. The molecule has 0 saturated heterocycles. The van der Waals surface area contributed by atoms with Gasteiger partial charge in [-0.1, -0.05) is 36.4 Å². The van der Waals surface area contributed by atoms with Crippen LogP contribution in [0.1, 0.15) is 5.56 Å². The largest absolute Gasteiger partial charge is 0.283 e. The van der Waals surface area contributed by atoms with Crippen molar-refractivity contribution in [2.45, 2.75) is 5.75 Å². The zero-order valence-corrected chi connectivity index (χ0v) is 12.0. The highest BCUT2D eigenvalue weighted by Crippen LogP contribution is 2.23. The van der Waals surface area contributed by atoms with Gasteiger partial charge < -0.3 is 0 Å². The number of rotatable bonds is 4. The molecule has 0 bridgehead atoms. The van der Waals surface area contributed by atoms with E-state index in [1.165, 1.54) is 0 Å². The van der Waals surface area contributed by atoms with Gasteiger partial charge in [-0.05, 0) is 29.8 Å². The number of sulfonamides is 1. The summed E-state index contributed by atoms with van der Waals surface area (Å²) in [5.41, 5.74) is 2.07.